The Morgan fingerprint density at radius 3 is 2.17 bits per heavy atom. The van der Waals surface area contributed by atoms with Crippen molar-refractivity contribution >= 4 is 5.97 Å². The predicted octanol–water partition coefficient (Wildman–Crippen LogP) is -1.81. The second-order valence-electron chi connectivity index (χ2n) is 3.70. The molecule has 0 fully saturated rings. The first-order valence-electron chi connectivity index (χ1n) is 3.49. The van der Waals surface area contributed by atoms with E-state index in [1.807, 2.05) is 21.1 Å². The van der Waals surface area contributed by atoms with Gasteiger partial charge in [0.1, 0.15) is 12.6 Å². The molecule has 0 aliphatic carbocycles. The molecule has 0 saturated heterocycles. The first kappa shape index (κ1) is 14.5. The number of likely N-dealkylation sites (N-methyl/N-ethyl adjacent to an activating group) is 1. The summed E-state index contributed by atoms with van der Waals surface area (Å²) in [5, 5.41) is 19.1. The molecular formula is C7H15NO3Zn. The minimum absolute atomic E-state index is 0. The van der Waals surface area contributed by atoms with Crippen molar-refractivity contribution in [2.24, 2.45) is 0 Å². The SMILES string of the molecule is C[N+](C)(C)CC(O)CC(=O)[O-].[Zn]. The summed E-state index contributed by atoms with van der Waals surface area (Å²) >= 11 is 0. The van der Waals surface area contributed by atoms with Crippen LogP contribution in [-0.4, -0.2) is 49.4 Å². The van der Waals surface area contributed by atoms with E-state index in [-0.39, 0.29) is 25.9 Å². The molecule has 0 aromatic carbocycles. The molecule has 1 atom stereocenters. The predicted molar refractivity (Wildman–Crippen MR) is 38.5 cm³/mol. The second kappa shape index (κ2) is 5.62. The van der Waals surface area contributed by atoms with E-state index < -0.39 is 12.1 Å². The summed E-state index contributed by atoms with van der Waals surface area (Å²) in [5.41, 5.74) is 0. The van der Waals surface area contributed by atoms with E-state index >= 15 is 0 Å². The van der Waals surface area contributed by atoms with Crippen LogP contribution in [0.1, 0.15) is 6.42 Å². The first-order chi connectivity index (χ1) is 4.81. The van der Waals surface area contributed by atoms with Crippen molar-refractivity contribution in [2.45, 2.75) is 12.5 Å². The number of carbonyl (C=O) groups is 1. The quantitative estimate of drug-likeness (QED) is 0.454. The molecule has 68 valence electrons. The maximum absolute atomic E-state index is 10.0. The van der Waals surface area contributed by atoms with Gasteiger partial charge in [-0.3, -0.25) is 0 Å². The summed E-state index contributed by atoms with van der Waals surface area (Å²) in [5.74, 6) is -1.20. The molecule has 5 heteroatoms. The molecule has 12 heavy (non-hydrogen) atoms. The monoisotopic (exact) mass is 225 g/mol. The molecule has 0 rings (SSSR count). The van der Waals surface area contributed by atoms with Crippen LogP contribution >= 0.6 is 0 Å². The number of aliphatic carboxylic acids is 1. The molecule has 0 heterocycles. The van der Waals surface area contributed by atoms with Gasteiger partial charge in [0, 0.05) is 31.9 Å². The normalized spacial score (nSPS) is 13.3. The topological polar surface area (TPSA) is 60.4 Å². The van der Waals surface area contributed by atoms with Crippen molar-refractivity contribution in [1.82, 2.24) is 0 Å². The Balaban J connectivity index is 0. The van der Waals surface area contributed by atoms with Crippen LogP contribution in [0.2, 0.25) is 0 Å². The Labute approximate surface area is 85.5 Å². The van der Waals surface area contributed by atoms with Crippen molar-refractivity contribution in [3.63, 3.8) is 0 Å². The molecule has 0 aromatic heterocycles. The fourth-order valence-electron chi connectivity index (χ4n) is 0.889. The Bertz CT molecular complexity index is 144. The molecule has 0 saturated carbocycles. The number of hydrogen-bond donors (Lipinski definition) is 1. The number of aliphatic hydroxyl groups is 1. The van der Waals surface area contributed by atoms with Gasteiger partial charge < -0.3 is 19.5 Å². The largest absolute Gasteiger partial charge is 0.550 e. The molecule has 0 spiro atoms. The fraction of sp³-hybridized carbons (Fsp3) is 0.857. The van der Waals surface area contributed by atoms with Gasteiger partial charge in [-0.25, -0.2) is 0 Å². The average molecular weight is 227 g/mol. The summed E-state index contributed by atoms with van der Waals surface area (Å²) in [6.45, 7) is 0.425. The number of carbonyl (C=O) groups excluding carboxylic acids is 1. The van der Waals surface area contributed by atoms with Crippen LogP contribution in [0.4, 0.5) is 0 Å². The van der Waals surface area contributed by atoms with Gasteiger partial charge in [-0.1, -0.05) is 0 Å². The minimum Gasteiger partial charge on any atom is -0.550 e. The Hall–Kier alpha value is 0.0134. The molecular weight excluding hydrogens is 211 g/mol. The number of quaternary nitrogens is 1. The van der Waals surface area contributed by atoms with Crippen molar-refractivity contribution in [2.75, 3.05) is 27.7 Å². The van der Waals surface area contributed by atoms with E-state index in [0.29, 0.717) is 11.0 Å². The smallest absolute Gasteiger partial charge is 0.108 e. The molecule has 0 aromatic rings. The van der Waals surface area contributed by atoms with Crippen molar-refractivity contribution in [1.29, 1.82) is 0 Å². The van der Waals surface area contributed by atoms with Gasteiger partial charge >= 0.3 is 0 Å². The Morgan fingerprint density at radius 1 is 1.50 bits per heavy atom. The summed E-state index contributed by atoms with van der Waals surface area (Å²) < 4.78 is 0.550. The van der Waals surface area contributed by atoms with E-state index in [2.05, 4.69) is 0 Å². The molecule has 1 unspecified atom stereocenters. The Kier molecular flexibility index (Phi) is 6.81. The molecule has 0 amide bonds. The number of nitrogens with zero attached hydrogens (tertiary/aromatic N) is 1. The van der Waals surface area contributed by atoms with Gasteiger partial charge in [0.15, 0.2) is 0 Å². The number of aliphatic hydroxyl groups excluding tert-OH is 1. The van der Waals surface area contributed by atoms with Crippen molar-refractivity contribution in [3.05, 3.63) is 0 Å². The summed E-state index contributed by atoms with van der Waals surface area (Å²) in [6.07, 6.45) is -1.09. The van der Waals surface area contributed by atoms with Gasteiger partial charge in [0.05, 0.1) is 21.1 Å². The number of carboxylic acid groups (broad SMARTS) is 1. The van der Waals surface area contributed by atoms with Crippen LogP contribution in [0.25, 0.3) is 0 Å². The molecule has 0 radical (unpaired) electrons. The third-order valence-corrected chi connectivity index (χ3v) is 1.16. The van der Waals surface area contributed by atoms with E-state index in [9.17, 15) is 9.90 Å². The number of hydrogen-bond acceptors (Lipinski definition) is 3. The molecule has 1 N–H and O–H groups in total. The summed E-state index contributed by atoms with van der Waals surface area (Å²) in [4.78, 5) is 10.0. The molecule has 0 aliphatic heterocycles. The third-order valence-electron chi connectivity index (χ3n) is 1.16. The summed E-state index contributed by atoms with van der Waals surface area (Å²) in [6, 6.07) is 0. The third kappa shape index (κ3) is 10.0. The van der Waals surface area contributed by atoms with Crippen LogP contribution in [0.5, 0.6) is 0 Å². The zero-order chi connectivity index (χ0) is 9.07. The van der Waals surface area contributed by atoms with Crippen LogP contribution in [0.3, 0.4) is 0 Å². The van der Waals surface area contributed by atoms with Crippen LogP contribution < -0.4 is 5.11 Å². The standard InChI is InChI=1S/C7H15NO3.Zn/c1-8(2,3)5-6(9)4-7(10)11;/h6,9H,4-5H2,1-3H3;. The van der Waals surface area contributed by atoms with E-state index in [4.69, 9.17) is 5.11 Å². The zero-order valence-corrected chi connectivity index (χ0v) is 10.9. The van der Waals surface area contributed by atoms with Gasteiger partial charge in [-0.15, -0.1) is 0 Å². The summed E-state index contributed by atoms with van der Waals surface area (Å²) in [7, 11) is 5.66. The zero-order valence-electron chi connectivity index (χ0n) is 7.91. The molecule has 0 bridgehead atoms. The maximum atomic E-state index is 10.0. The van der Waals surface area contributed by atoms with Gasteiger partial charge in [-0.05, 0) is 0 Å². The van der Waals surface area contributed by atoms with Crippen molar-refractivity contribution in [3.8, 4) is 0 Å². The second-order valence-corrected chi connectivity index (χ2v) is 3.70. The maximum Gasteiger partial charge on any atom is 0.108 e. The number of carboxylic acids is 1. The van der Waals surface area contributed by atoms with Gasteiger partial charge in [-0.2, -0.15) is 0 Å². The minimum atomic E-state index is -1.20. The van der Waals surface area contributed by atoms with Crippen LogP contribution in [0.15, 0.2) is 0 Å². The van der Waals surface area contributed by atoms with E-state index in [0.717, 1.165) is 0 Å². The van der Waals surface area contributed by atoms with Crippen LogP contribution in [0, 0.1) is 0 Å². The Morgan fingerprint density at radius 2 is 1.92 bits per heavy atom. The van der Waals surface area contributed by atoms with Crippen molar-refractivity contribution < 1.29 is 39.0 Å². The first-order valence-corrected chi connectivity index (χ1v) is 3.49. The fourth-order valence-corrected chi connectivity index (χ4v) is 0.889. The van der Waals surface area contributed by atoms with E-state index in [1.165, 1.54) is 0 Å². The number of rotatable bonds is 4. The van der Waals surface area contributed by atoms with Gasteiger partial charge in [0.25, 0.3) is 0 Å². The van der Waals surface area contributed by atoms with E-state index in [1.54, 1.807) is 0 Å². The van der Waals surface area contributed by atoms with Gasteiger partial charge in [0.2, 0.25) is 0 Å². The molecule has 0 aliphatic rings. The van der Waals surface area contributed by atoms with Crippen LogP contribution in [-0.2, 0) is 24.3 Å². The average Bonchev–Trinajstić information content (AvgIpc) is 1.53. The molecule has 4 nitrogen and oxygen atoms in total.